The van der Waals surface area contributed by atoms with Crippen molar-refractivity contribution in [2.45, 2.75) is 44.4 Å². The third-order valence-electron chi connectivity index (χ3n) is 6.63. The fraction of sp³-hybridized carbons (Fsp3) is 0.381. The molecule has 1 aromatic heterocycles. The molecule has 5 rings (SSSR count). The van der Waals surface area contributed by atoms with Crippen LogP contribution < -0.4 is 10.7 Å². The van der Waals surface area contributed by atoms with Crippen LogP contribution in [0.4, 0.5) is 8.78 Å². The maximum atomic E-state index is 14.1. The zero-order valence-corrected chi connectivity index (χ0v) is 17.0. The van der Waals surface area contributed by atoms with Gasteiger partial charge in [-0.05, 0) is 37.3 Å². The van der Waals surface area contributed by atoms with Crippen LogP contribution in [0.2, 0.25) is 5.02 Å². The van der Waals surface area contributed by atoms with Crippen LogP contribution in [-0.2, 0) is 13.1 Å². The Balaban J connectivity index is 1.45. The summed E-state index contributed by atoms with van der Waals surface area (Å²) < 4.78 is 29.4. The molecule has 2 N–H and O–H groups in total. The Hall–Kier alpha value is -2.94. The first-order valence-electron chi connectivity index (χ1n) is 9.97. The number of hydrogen-bond donors (Lipinski definition) is 2. The van der Waals surface area contributed by atoms with Crippen molar-refractivity contribution in [3.8, 4) is 5.75 Å². The van der Waals surface area contributed by atoms with Gasteiger partial charge in [0.05, 0.1) is 11.1 Å². The second-order valence-electron chi connectivity index (χ2n) is 8.23. The monoisotopic (exact) mass is 449 g/mol. The number of amides is 2. The molecule has 3 heterocycles. The zero-order valence-electron chi connectivity index (χ0n) is 16.2. The van der Waals surface area contributed by atoms with Gasteiger partial charge < -0.3 is 19.9 Å². The van der Waals surface area contributed by atoms with E-state index in [2.05, 4.69) is 5.32 Å². The number of aromatic hydroxyl groups is 1. The van der Waals surface area contributed by atoms with Gasteiger partial charge in [-0.1, -0.05) is 11.6 Å². The largest absolute Gasteiger partial charge is 0.503 e. The van der Waals surface area contributed by atoms with Crippen molar-refractivity contribution >= 4 is 23.4 Å². The molecule has 3 atom stereocenters. The molecule has 2 aliphatic heterocycles. The summed E-state index contributed by atoms with van der Waals surface area (Å²) in [6.07, 6.45) is 4.07. The van der Waals surface area contributed by atoms with E-state index in [4.69, 9.17) is 11.6 Å². The van der Waals surface area contributed by atoms with Crippen LogP contribution in [-0.4, -0.2) is 38.5 Å². The number of carbonyl (C=O) groups is 2. The summed E-state index contributed by atoms with van der Waals surface area (Å²) in [7, 11) is 0. The minimum Gasteiger partial charge on any atom is -0.503 e. The molecule has 2 aromatic rings. The molecule has 1 saturated heterocycles. The maximum Gasteiger partial charge on any atom is 0.275 e. The molecule has 2 amide bonds. The van der Waals surface area contributed by atoms with E-state index in [0.717, 1.165) is 31.4 Å². The molecular formula is C21H18ClF2N3O4. The minimum absolute atomic E-state index is 0.0359. The van der Waals surface area contributed by atoms with Gasteiger partial charge in [0.2, 0.25) is 5.43 Å². The highest BCUT2D eigenvalue weighted by molar-refractivity contribution is 6.30. The molecule has 1 aliphatic carbocycles. The number of nitrogens with zero attached hydrogens (tertiary/aromatic N) is 2. The molecule has 162 valence electrons. The zero-order chi connectivity index (χ0) is 22.0. The van der Waals surface area contributed by atoms with Gasteiger partial charge in [-0.2, -0.15) is 0 Å². The number of carbonyl (C=O) groups excluding carboxylic acids is 2. The SMILES string of the molecule is O=C(NCc1c(F)ccc(Cl)c1F)c1cn2c(c(O)c1=O)C(=O)N1[C@@H]3CC[C@@H](C3)[C@@H]1C2. The molecule has 0 radical (unpaired) electrons. The first-order valence-corrected chi connectivity index (χ1v) is 10.3. The van der Waals surface area contributed by atoms with Crippen LogP contribution in [0.1, 0.15) is 45.7 Å². The lowest BCUT2D eigenvalue weighted by Crippen LogP contribution is -2.52. The summed E-state index contributed by atoms with van der Waals surface area (Å²) in [4.78, 5) is 40.0. The highest BCUT2D eigenvalue weighted by Crippen LogP contribution is 2.45. The van der Waals surface area contributed by atoms with E-state index in [1.54, 1.807) is 4.90 Å². The number of rotatable bonds is 3. The maximum absolute atomic E-state index is 14.1. The standard InChI is InChI=1S/C21H18ClF2N3O4/c22-13-3-4-14(23)11(16(13)24)6-25-20(30)12-7-26-8-15-9-1-2-10(5-9)27(15)21(31)17(26)19(29)18(12)28/h3-4,7,9-10,15,29H,1-2,5-6,8H2,(H,25,30)/t9-,10+,15-/m0/s1. The number of aromatic nitrogens is 1. The lowest BCUT2D eigenvalue weighted by Gasteiger charge is -2.40. The fourth-order valence-electron chi connectivity index (χ4n) is 5.14. The average molecular weight is 450 g/mol. The van der Waals surface area contributed by atoms with E-state index >= 15 is 0 Å². The molecule has 7 nitrogen and oxygen atoms in total. The fourth-order valence-corrected chi connectivity index (χ4v) is 5.32. The summed E-state index contributed by atoms with van der Waals surface area (Å²) in [5.41, 5.74) is -1.99. The Morgan fingerprint density at radius 2 is 2.03 bits per heavy atom. The van der Waals surface area contributed by atoms with Crippen molar-refractivity contribution in [2.24, 2.45) is 5.92 Å². The highest BCUT2D eigenvalue weighted by atomic mass is 35.5. The molecule has 0 unspecified atom stereocenters. The third-order valence-corrected chi connectivity index (χ3v) is 6.92. The lowest BCUT2D eigenvalue weighted by molar-refractivity contribution is 0.0482. The normalized spacial score (nSPS) is 23.6. The Kier molecular flexibility index (Phi) is 4.55. The summed E-state index contributed by atoms with van der Waals surface area (Å²) in [5.74, 6) is -3.66. The first-order chi connectivity index (χ1) is 14.8. The number of benzene rings is 1. The summed E-state index contributed by atoms with van der Waals surface area (Å²) in [6.45, 7) is -0.175. The van der Waals surface area contributed by atoms with Crippen molar-refractivity contribution < 1.29 is 23.5 Å². The Labute approximate surface area is 180 Å². The summed E-state index contributed by atoms with van der Waals surface area (Å²) >= 11 is 5.65. The molecule has 31 heavy (non-hydrogen) atoms. The predicted molar refractivity (Wildman–Crippen MR) is 106 cm³/mol. The Morgan fingerprint density at radius 1 is 1.26 bits per heavy atom. The number of piperidine rings is 1. The van der Waals surface area contributed by atoms with Crippen LogP contribution in [0, 0.1) is 17.6 Å². The van der Waals surface area contributed by atoms with E-state index in [0.29, 0.717) is 12.5 Å². The predicted octanol–water partition coefficient (Wildman–Crippen LogP) is 2.42. The van der Waals surface area contributed by atoms with Gasteiger partial charge in [0.15, 0.2) is 11.4 Å². The van der Waals surface area contributed by atoms with Crippen LogP contribution in [0.3, 0.4) is 0 Å². The van der Waals surface area contributed by atoms with Crippen LogP contribution >= 0.6 is 11.6 Å². The van der Waals surface area contributed by atoms with Gasteiger partial charge in [0.1, 0.15) is 17.2 Å². The quantitative estimate of drug-likeness (QED) is 0.704. The van der Waals surface area contributed by atoms with E-state index in [1.807, 2.05) is 0 Å². The van der Waals surface area contributed by atoms with Crippen molar-refractivity contribution in [1.29, 1.82) is 0 Å². The Bertz CT molecular complexity index is 1200. The average Bonchev–Trinajstić information content (AvgIpc) is 3.35. The molecule has 0 spiro atoms. The van der Waals surface area contributed by atoms with Gasteiger partial charge in [0, 0.05) is 30.9 Å². The van der Waals surface area contributed by atoms with Gasteiger partial charge >= 0.3 is 0 Å². The molecular weight excluding hydrogens is 432 g/mol. The topological polar surface area (TPSA) is 91.6 Å². The molecule has 3 aliphatic rings. The summed E-state index contributed by atoms with van der Waals surface area (Å²) in [6, 6.07) is 2.11. The van der Waals surface area contributed by atoms with Gasteiger partial charge in [-0.25, -0.2) is 8.78 Å². The third kappa shape index (κ3) is 2.94. The number of halogens is 3. The van der Waals surface area contributed by atoms with Crippen molar-refractivity contribution in [3.05, 3.63) is 62.0 Å². The molecule has 10 heteroatoms. The minimum atomic E-state index is -1.01. The first kappa shape index (κ1) is 20.0. The molecule has 1 saturated carbocycles. The van der Waals surface area contributed by atoms with Crippen LogP contribution in [0.15, 0.2) is 23.1 Å². The second kappa shape index (κ2) is 7.05. The number of nitrogens with one attached hydrogen (secondary N) is 1. The molecule has 1 aromatic carbocycles. The van der Waals surface area contributed by atoms with Crippen molar-refractivity contribution in [2.75, 3.05) is 0 Å². The number of pyridine rings is 1. The van der Waals surface area contributed by atoms with Crippen LogP contribution in [0.5, 0.6) is 5.75 Å². The lowest BCUT2D eigenvalue weighted by atomic mass is 9.95. The van der Waals surface area contributed by atoms with E-state index in [9.17, 15) is 28.3 Å². The summed E-state index contributed by atoms with van der Waals surface area (Å²) in [5, 5.41) is 12.4. The van der Waals surface area contributed by atoms with E-state index in [1.165, 1.54) is 10.8 Å². The molecule has 2 bridgehead atoms. The van der Waals surface area contributed by atoms with Gasteiger partial charge in [-0.15, -0.1) is 0 Å². The number of hydrogen-bond acceptors (Lipinski definition) is 4. The molecule has 2 fully saturated rings. The van der Waals surface area contributed by atoms with Crippen molar-refractivity contribution in [1.82, 2.24) is 14.8 Å². The van der Waals surface area contributed by atoms with Crippen molar-refractivity contribution in [3.63, 3.8) is 0 Å². The van der Waals surface area contributed by atoms with E-state index in [-0.39, 0.29) is 22.8 Å². The van der Waals surface area contributed by atoms with Gasteiger partial charge in [-0.3, -0.25) is 14.4 Å². The Morgan fingerprint density at radius 3 is 2.81 bits per heavy atom. The van der Waals surface area contributed by atoms with Gasteiger partial charge in [0.25, 0.3) is 11.8 Å². The highest BCUT2D eigenvalue weighted by Gasteiger charge is 2.51. The second-order valence-corrected chi connectivity index (χ2v) is 8.64. The smallest absolute Gasteiger partial charge is 0.275 e. The number of fused-ring (bicyclic) bond motifs is 6. The van der Waals surface area contributed by atoms with E-state index < -0.39 is 52.3 Å². The van der Waals surface area contributed by atoms with Crippen LogP contribution in [0.25, 0.3) is 0 Å².